The van der Waals surface area contributed by atoms with Gasteiger partial charge in [0.15, 0.2) is 0 Å². The first-order chi connectivity index (χ1) is 11.7. The van der Waals surface area contributed by atoms with Crippen molar-refractivity contribution in [2.45, 2.75) is 6.42 Å². The smallest absolute Gasteiger partial charge is 0.266 e. The fraction of sp³-hybridized carbons (Fsp3) is 0.158. The van der Waals surface area contributed by atoms with E-state index in [1.807, 2.05) is 0 Å². The molecule has 0 aliphatic carbocycles. The number of nitrogens with zero attached hydrogens (tertiary/aromatic N) is 1. The number of anilines is 1. The third-order valence-electron chi connectivity index (χ3n) is 3.68. The number of methoxy groups -OCH3 is 1. The molecule has 5 nitrogen and oxygen atoms in total. The first kappa shape index (κ1) is 15.8. The predicted molar refractivity (Wildman–Crippen MR) is 89.2 cm³/mol. The number of rotatable bonds is 3. The topological polar surface area (TPSA) is 66.8 Å². The maximum absolute atomic E-state index is 12.6. The van der Waals surface area contributed by atoms with Crippen LogP contribution in [0.2, 0.25) is 0 Å². The summed E-state index contributed by atoms with van der Waals surface area (Å²) in [6.07, 6.45) is 0.356. The summed E-state index contributed by atoms with van der Waals surface area (Å²) in [6.45, 7) is -0.0194. The molecule has 0 fully saturated rings. The van der Waals surface area contributed by atoms with Crippen molar-refractivity contribution in [3.8, 4) is 17.6 Å². The molecule has 0 saturated carbocycles. The Kier molecular flexibility index (Phi) is 4.32. The van der Waals surface area contributed by atoms with Gasteiger partial charge in [0.2, 0.25) is 0 Å². The van der Waals surface area contributed by atoms with Crippen LogP contribution in [0.15, 0.2) is 42.5 Å². The average Bonchev–Trinajstić information content (AvgIpc) is 2.86. The first-order valence-electron chi connectivity index (χ1n) is 7.43. The molecule has 0 saturated heterocycles. The van der Waals surface area contributed by atoms with E-state index in [0.29, 0.717) is 34.5 Å². The highest BCUT2D eigenvalue weighted by molar-refractivity contribution is 6.34. The van der Waals surface area contributed by atoms with E-state index in [9.17, 15) is 9.59 Å². The third kappa shape index (κ3) is 2.64. The van der Waals surface area contributed by atoms with Gasteiger partial charge in [-0.25, -0.2) is 4.90 Å². The Morgan fingerprint density at radius 2 is 1.75 bits per heavy atom. The molecular weight excluding hydrogens is 306 g/mol. The number of hydrogen-bond donors (Lipinski definition) is 1. The number of hydrogen-bond acceptors (Lipinski definition) is 4. The number of imide groups is 1. The minimum Gasteiger partial charge on any atom is -0.495 e. The van der Waals surface area contributed by atoms with Crippen molar-refractivity contribution in [3.05, 3.63) is 59.2 Å². The molecule has 2 aromatic carbocycles. The molecule has 0 radical (unpaired) electrons. The summed E-state index contributed by atoms with van der Waals surface area (Å²) in [6, 6.07) is 11.8. The van der Waals surface area contributed by atoms with Crippen molar-refractivity contribution in [3.63, 3.8) is 0 Å². The Morgan fingerprint density at radius 3 is 2.33 bits per heavy atom. The molecule has 0 spiro atoms. The zero-order valence-electron chi connectivity index (χ0n) is 13.1. The molecule has 24 heavy (non-hydrogen) atoms. The van der Waals surface area contributed by atoms with Crippen molar-refractivity contribution in [2.24, 2.45) is 0 Å². The maximum Gasteiger partial charge on any atom is 0.266 e. The van der Waals surface area contributed by atoms with Crippen LogP contribution in [0.4, 0.5) is 5.69 Å². The number of aliphatic hydroxyl groups is 1. The molecule has 5 heteroatoms. The summed E-state index contributed by atoms with van der Waals surface area (Å²) >= 11 is 0. The summed E-state index contributed by atoms with van der Waals surface area (Å²) in [7, 11) is 1.48. The SMILES string of the molecule is COc1ccc(C#CCCO)cc1N1C(=O)c2ccccc2C1=O. The lowest BCUT2D eigenvalue weighted by Crippen LogP contribution is -2.29. The summed E-state index contributed by atoms with van der Waals surface area (Å²) in [5.41, 5.74) is 1.75. The molecular formula is C19H15NO4. The second kappa shape index (κ2) is 6.57. The lowest BCUT2D eigenvalue weighted by atomic mass is 10.1. The number of ether oxygens (including phenoxy) is 1. The van der Waals surface area contributed by atoms with Gasteiger partial charge in [0.25, 0.3) is 11.8 Å². The van der Waals surface area contributed by atoms with E-state index in [1.165, 1.54) is 7.11 Å². The molecule has 3 rings (SSSR count). The zero-order chi connectivity index (χ0) is 17.1. The maximum atomic E-state index is 12.6. The molecule has 2 aromatic rings. The van der Waals surface area contributed by atoms with Gasteiger partial charge in [-0.05, 0) is 30.3 Å². The Balaban J connectivity index is 2.06. The molecule has 0 aromatic heterocycles. The van der Waals surface area contributed by atoms with Crippen molar-refractivity contribution < 1.29 is 19.4 Å². The zero-order valence-corrected chi connectivity index (χ0v) is 13.1. The summed E-state index contributed by atoms with van der Waals surface area (Å²) in [4.78, 5) is 26.4. The number of aliphatic hydroxyl groups excluding tert-OH is 1. The summed E-state index contributed by atoms with van der Waals surface area (Å²) < 4.78 is 5.30. The minimum absolute atomic E-state index is 0.0194. The van der Waals surface area contributed by atoms with E-state index in [4.69, 9.17) is 9.84 Å². The molecule has 0 bridgehead atoms. The number of benzene rings is 2. The van der Waals surface area contributed by atoms with Crippen LogP contribution < -0.4 is 9.64 Å². The standard InChI is InChI=1S/C19H15NO4/c1-24-17-10-9-13(6-4-5-11-21)12-16(17)20-18(22)14-7-2-3-8-15(14)19(20)23/h2-3,7-10,12,21H,5,11H2,1H3. The number of carbonyl (C=O) groups excluding carboxylic acids is 2. The second-order valence-corrected chi connectivity index (χ2v) is 5.15. The van der Waals surface area contributed by atoms with Crippen molar-refractivity contribution in [1.82, 2.24) is 0 Å². The molecule has 2 amide bonds. The monoisotopic (exact) mass is 321 g/mol. The van der Waals surface area contributed by atoms with Gasteiger partial charge >= 0.3 is 0 Å². The van der Waals surface area contributed by atoms with Crippen LogP contribution in [-0.2, 0) is 0 Å². The quantitative estimate of drug-likeness (QED) is 0.695. The van der Waals surface area contributed by atoms with Crippen molar-refractivity contribution in [1.29, 1.82) is 0 Å². The van der Waals surface area contributed by atoms with Crippen LogP contribution in [0.3, 0.4) is 0 Å². The molecule has 0 atom stereocenters. The number of amides is 2. The van der Waals surface area contributed by atoms with Gasteiger partial charge in [0, 0.05) is 12.0 Å². The van der Waals surface area contributed by atoms with Gasteiger partial charge in [0.1, 0.15) is 5.75 Å². The summed E-state index contributed by atoms with van der Waals surface area (Å²) in [5.74, 6) is 5.37. The normalized spacial score (nSPS) is 12.7. The highest BCUT2D eigenvalue weighted by atomic mass is 16.5. The predicted octanol–water partition coefficient (Wildman–Crippen LogP) is 2.23. The fourth-order valence-corrected chi connectivity index (χ4v) is 2.57. The fourth-order valence-electron chi connectivity index (χ4n) is 2.57. The van der Waals surface area contributed by atoms with Crippen LogP contribution in [-0.4, -0.2) is 30.6 Å². The highest BCUT2D eigenvalue weighted by Crippen LogP contribution is 2.35. The van der Waals surface area contributed by atoms with Gasteiger partial charge < -0.3 is 9.84 Å². The second-order valence-electron chi connectivity index (χ2n) is 5.15. The van der Waals surface area contributed by atoms with Crippen molar-refractivity contribution in [2.75, 3.05) is 18.6 Å². The number of fused-ring (bicyclic) bond motifs is 1. The Bertz CT molecular complexity index is 841. The van der Waals surface area contributed by atoms with E-state index in [1.54, 1.807) is 42.5 Å². The van der Waals surface area contributed by atoms with Crippen LogP contribution >= 0.6 is 0 Å². The Labute approximate surface area is 139 Å². The third-order valence-corrected chi connectivity index (χ3v) is 3.68. The van der Waals surface area contributed by atoms with E-state index in [-0.39, 0.29) is 18.4 Å². The molecule has 1 heterocycles. The van der Waals surface area contributed by atoms with E-state index in [2.05, 4.69) is 11.8 Å². The van der Waals surface area contributed by atoms with Crippen LogP contribution in [0.25, 0.3) is 0 Å². The van der Waals surface area contributed by atoms with Gasteiger partial charge in [-0.2, -0.15) is 0 Å². The van der Waals surface area contributed by atoms with E-state index < -0.39 is 0 Å². The highest BCUT2D eigenvalue weighted by Gasteiger charge is 2.37. The Hall–Kier alpha value is -3.10. The molecule has 0 unspecified atom stereocenters. The van der Waals surface area contributed by atoms with Gasteiger partial charge in [0.05, 0.1) is 30.5 Å². The molecule has 120 valence electrons. The lowest BCUT2D eigenvalue weighted by molar-refractivity contribution is 0.0925. The van der Waals surface area contributed by atoms with Gasteiger partial charge in [-0.1, -0.05) is 24.0 Å². The van der Waals surface area contributed by atoms with E-state index in [0.717, 1.165) is 4.90 Å². The largest absolute Gasteiger partial charge is 0.495 e. The Morgan fingerprint density at radius 1 is 1.08 bits per heavy atom. The lowest BCUT2D eigenvalue weighted by Gasteiger charge is -2.17. The molecule has 1 aliphatic heterocycles. The molecule has 1 aliphatic rings. The van der Waals surface area contributed by atoms with Crippen LogP contribution in [0.5, 0.6) is 5.75 Å². The van der Waals surface area contributed by atoms with Gasteiger partial charge in [-0.3, -0.25) is 9.59 Å². The van der Waals surface area contributed by atoms with Crippen LogP contribution in [0, 0.1) is 11.8 Å². The molecule has 1 N–H and O–H groups in total. The van der Waals surface area contributed by atoms with Crippen molar-refractivity contribution >= 4 is 17.5 Å². The van der Waals surface area contributed by atoms with Gasteiger partial charge in [-0.15, -0.1) is 0 Å². The van der Waals surface area contributed by atoms with Crippen LogP contribution in [0.1, 0.15) is 32.7 Å². The first-order valence-corrected chi connectivity index (χ1v) is 7.43. The minimum atomic E-state index is -0.380. The number of carbonyl (C=O) groups is 2. The summed E-state index contributed by atoms with van der Waals surface area (Å²) in [5, 5.41) is 8.80. The average molecular weight is 321 g/mol. The van der Waals surface area contributed by atoms with E-state index >= 15 is 0 Å².